The van der Waals surface area contributed by atoms with Gasteiger partial charge in [-0.1, -0.05) is 6.07 Å². The van der Waals surface area contributed by atoms with Crippen molar-refractivity contribution in [1.29, 1.82) is 0 Å². The first-order valence-electron chi connectivity index (χ1n) is 5.03. The van der Waals surface area contributed by atoms with Crippen LogP contribution in [0.2, 0.25) is 0 Å². The van der Waals surface area contributed by atoms with Gasteiger partial charge >= 0.3 is 0 Å². The summed E-state index contributed by atoms with van der Waals surface area (Å²) in [5.41, 5.74) is 6.86. The minimum Gasteiger partial charge on any atom is -0.368 e. The zero-order valence-corrected chi connectivity index (χ0v) is 8.73. The fraction of sp³-hybridized carbons (Fsp3) is 0.364. The minimum absolute atomic E-state index is 0.373. The standard InChI is InChI=1S/C11H15N3O/c1-13-9-6-14(7-9)10-4-2-3-8(5-10)11(12)15/h2-5,9,13H,6-7H2,1H3,(H2,12,15). The highest BCUT2D eigenvalue weighted by Gasteiger charge is 2.25. The quantitative estimate of drug-likeness (QED) is 0.740. The van der Waals surface area contributed by atoms with Gasteiger partial charge in [-0.3, -0.25) is 4.79 Å². The van der Waals surface area contributed by atoms with E-state index in [4.69, 9.17) is 5.73 Å². The van der Waals surface area contributed by atoms with Crippen molar-refractivity contribution in [3.05, 3.63) is 29.8 Å². The van der Waals surface area contributed by atoms with Crippen LogP contribution in [0.15, 0.2) is 24.3 Å². The van der Waals surface area contributed by atoms with Crippen LogP contribution in [0.3, 0.4) is 0 Å². The molecule has 0 bridgehead atoms. The Morgan fingerprint density at radius 3 is 2.87 bits per heavy atom. The summed E-state index contributed by atoms with van der Waals surface area (Å²) >= 11 is 0. The smallest absolute Gasteiger partial charge is 0.248 e. The number of hydrogen-bond acceptors (Lipinski definition) is 3. The number of anilines is 1. The third-order valence-corrected chi connectivity index (χ3v) is 2.79. The Balaban J connectivity index is 2.10. The van der Waals surface area contributed by atoms with Crippen molar-refractivity contribution >= 4 is 11.6 Å². The predicted octanol–water partition coefficient (Wildman–Crippen LogP) is 0.193. The number of nitrogens with zero attached hydrogens (tertiary/aromatic N) is 1. The molecule has 0 saturated carbocycles. The molecule has 0 unspecified atom stereocenters. The molecule has 0 radical (unpaired) electrons. The first-order valence-corrected chi connectivity index (χ1v) is 5.03. The number of carbonyl (C=O) groups excluding carboxylic acids is 1. The van der Waals surface area contributed by atoms with Gasteiger partial charge in [0.25, 0.3) is 0 Å². The Kier molecular flexibility index (Phi) is 2.60. The maximum absolute atomic E-state index is 11.0. The second kappa shape index (κ2) is 3.90. The fourth-order valence-electron chi connectivity index (χ4n) is 1.73. The lowest BCUT2D eigenvalue weighted by atomic mass is 10.1. The van der Waals surface area contributed by atoms with Crippen LogP contribution in [0, 0.1) is 0 Å². The molecule has 4 nitrogen and oxygen atoms in total. The molecule has 1 aromatic rings. The molecule has 1 fully saturated rings. The van der Waals surface area contributed by atoms with Crippen molar-refractivity contribution in [3.63, 3.8) is 0 Å². The van der Waals surface area contributed by atoms with Gasteiger partial charge in [-0.15, -0.1) is 0 Å². The van der Waals surface area contributed by atoms with E-state index in [-0.39, 0.29) is 5.91 Å². The Morgan fingerprint density at radius 2 is 2.27 bits per heavy atom. The molecule has 1 aliphatic heterocycles. The maximum Gasteiger partial charge on any atom is 0.248 e. The molecule has 1 aliphatic rings. The monoisotopic (exact) mass is 205 g/mol. The SMILES string of the molecule is CNC1CN(c2cccc(C(N)=O)c2)C1. The lowest BCUT2D eigenvalue weighted by Crippen LogP contribution is -2.57. The molecule has 0 atom stereocenters. The van der Waals surface area contributed by atoms with Gasteiger partial charge in [-0.2, -0.15) is 0 Å². The number of benzene rings is 1. The summed E-state index contributed by atoms with van der Waals surface area (Å²) in [6, 6.07) is 8.00. The number of nitrogens with one attached hydrogen (secondary N) is 1. The van der Waals surface area contributed by atoms with Gasteiger partial charge < -0.3 is 16.0 Å². The van der Waals surface area contributed by atoms with Gasteiger partial charge in [0.15, 0.2) is 0 Å². The van der Waals surface area contributed by atoms with Crippen molar-refractivity contribution < 1.29 is 4.79 Å². The van der Waals surface area contributed by atoms with Gasteiger partial charge in [0.05, 0.1) is 0 Å². The van der Waals surface area contributed by atoms with Crippen LogP contribution < -0.4 is 16.0 Å². The fourth-order valence-corrected chi connectivity index (χ4v) is 1.73. The number of hydrogen-bond donors (Lipinski definition) is 2. The number of rotatable bonds is 3. The molecular weight excluding hydrogens is 190 g/mol. The first kappa shape index (κ1) is 9.98. The van der Waals surface area contributed by atoms with Crippen LogP contribution in [-0.4, -0.2) is 32.1 Å². The van der Waals surface area contributed by atoms with Crippen molar-refractivity contribution in [3.8, 4) is 0 Å². The van der Waals surface area contributed by atoms with Gasteiger partial charge in [0.1, 0.15) is 0 Å². The molecule has 1 aromatic carbocycles. The van der Waals surface area contributed by atoms with E-state index in [1.165, 1.54) is 0 Å². The van der Waals surface area contributed by atoms with Gasteiger partial charge in [-0.05, 0) is 25.2 Å². The van der Waals surface area contributed by atoms with Crippen molar-refractivity contribution in [2.24, 2.45) is 5.73 Å². The molecule has 2 rings (SSSR count). The Labute approximate surface area is 89.1 Å². The van der Waals surface area contributed by atoms with Gasteiger partial charge in [-0.25, -0.2) is 0 Å². The summed E-state index contributed by atoms with van der Waals surface area (Å²) in [7, 11) is 1.96. The largest absolute Gasteiger partial charge is 0.368 e. The molecule has 0 spiro atoms. The summed E-state index contributed by atoms with van der Waals surface area (Å²) < 4.78 is 0. The average Bonchev–Trinajstić information content (AvgIpc) is 2.16. The van der Waals surface area contributed by atoms with E-state index in [2.05, 4.69) is 10.2 Å². The van der Waals surface area contributed by atoms with E-state index in [0.717, 1.165) is 18.8 Å². The highest BCUT2D eigenvalue weighted by Crippen LogP contribution is 2.21. The molecule has 0 aliphatic carbocycles. The minimum atomic E-state index is -0.373. The van der Waals surface area contributed by atoms with Crippen LogP contribution in [0.5, 0.6) is 0 Å². The van der Waals surface area contributed by atoms with Crippen LogP contribution in [0.1, 0.15) is 10.4 Å². The normalized spacial score (nSPS) is 16.2. The maximum atomic E-state index is 11.0. The van der Waals surface area contributed by atoms with E-state index in [0.29, 0.717) is 11.6 Å². The second-order valence-corrected chi connectivity index (χ2v) is 3.81. The van der Waals surface area contributed by atoms with Crippen LogP contribution in [0.4, 0.5) is 5.69 Å². The molecule has 1 amide bonds. The summed E-state index contributed by atoms with van der Waals surface area (Å²) in [5.74, 6) is -0.373. The second-order valence-electron chi connectivity index (χ2n) is 3.81. The van der Waals surface area contributed by atoms with E-state index >= 15 is 0 Å². The Morgan fingerprint density at radius 1 is 1.53 bits per heavy atom. The number of carbonyl (C=O) groups is 1. The van der Waals surface area contributed by atoms with E-state index in [1.54, 1.807) is 6.07 Å². The first-order chi connectivity index (χ1) is 7.20. The van der Waals surface area contributed by atoms with Crippen LogP contribution in [0.25, 0.3) is 0 Å². The van der Waals surface area contributed by atoms with Crippen LogP contribution >= 0.6 is 0 Å². The van der Waals surface area contributed by atoms with E-state index in [1.807, 2.05) is 25.2 Å². The van der Waals surface area contributed by atoms with E-state index < -0.39 is 0 Å². The highest BCUT2D eigenvalue weighted by molar-refractivity contribution is 5.93. The molecule has 1 heterocycles. The predicted molar refractivity (Wildman–Crippen MR) is 60.0 cm³/mol. The van der Waals surface area contributed by atoms with Crippen molar-refractivity contribution in [1.82, 2.24) is 5.32 Å². The number of primary amides is 1. The zero-order valence-electron chi connectivity index (χ0n) is 8.73. The van der Waals surface area contributed by atoms with Crippen molar-refractivity contribution in [2.45, 2.75) is 6.04 Å². The Hall–Kier alpha value is -1.55. The summed E-state index contributed by atoms with van der Waals surface area (Å²) in [5, 5.41) is 3.21. The summed E-state index contributed by atoms with van der Waals surface area (Å²) in [6.07, 6.45) is 0. The van der Waals surface area contributed by atoms with Gasteiger partial charge in [0, 0.05) is 30.4 Å². The lowest BCUT2D eigenvalue weighted by Gasteiger charge is -2.41. The summed E-state index contributed by atoms with van der Waals surface area (Å²) in [4.78, 5) is 13.2. The van der Waals surface area contributed by atoms with Gasteiger partial charge in [0.2, 0.25) is 5.91 Å². The summed E-state index contributed by atoms with van der Waals surface area (Å²) in [6.45, 7) is 1.97. The third kappa shape index (κ3) is 1.94. The molecule has 4 heteroatoms. The number of nitrogens with two attached hydrogens (primary N) is 1. The molecule has 1 saturated heterocycles. The highest BCUT2D eigenvalue weighted by atomic mass is 16.1. The third-order valence-electron chi connectivity index (χ3n) is 2.79. The number of amides is 1. The van der Waals surface area contributed by atoms with Crippen molar-refractivity contribution in [2.75, 3.05) is 25.0 Å². The average molecular weight is 205 g/mol. The Bertz CT molecular complexity index is 372. The van der Waals surface area contributed by atoms with E-state index in [9.17, 15) is 4.79 Å². The number of likely N-dealkylation sites (N-methyl/N-ethyl adjacent to an activating group) is 1. The molecule has 0 aromatic heterocycles. The molecule has 3 N–H and O–H groups in total. The van der Waals surface area contributed by atoms with Crippen LogP contribution in [-0.2, 0) is 0 Å². The topological polar surface area (TPSA) is 58.4 Å². The lowest BCUT2D eigenvalue weighted by molar-refractivity contribution is 0.100. The zero-order chi connectivity index (χ0) is 10.8. The molecule has 80 valence electrons. The molecular formula is C11H15N3O. The molecule has 15 heavy (non-hydrogen) atoms.